The molecule has 0 spiro atoms. The van der Waals surface area contributed by atoms with Crippen molar-refractivity contribution < 1.29 is 4.74 Å². The second-order valence-corrected chi connectivity index (χ2v) is 5.20. The van der Waals surface area contributed by atoms with Crippen LogP contribution in [0.1, 0.15) is 6.92 Å². The van der Waals surface area contributed by atoms with Gasteiger partial charge in [-0.2, -0.15) is 0 Å². The van der Waals surface area contributed by atoms with Crippen molar-refractivity contribution in [2.75, 3.05) is 17.7 Å². The Bertz CT molecular complexity index is 590. The first-order valence-electron chi connectivity index (χ1n) is 5.84. The zero-order valence-electron chi connectivity index (χ0n) is 10.4. The van der Waals surface area contributed by atoms with Gasteiger partial charge in [0.05, 0.1) is 17.3 Å². The van der Waals surface area contributed by atoms with Crippen LogP contribution in [0.25, 0.3) is 0 Å². The highest BCUT2D eigenvalue weighted by atomic mass is 79.9. The molecule has 0 radical (unpaired) electrons. The minimum Gasteiger partial charge on any atom is -0.492 e. The summed E-state index contributed by atoms with van der Waals surface area (Å²) >= 11 is 9.41. The predicted octanol–water partition coefficient (Wildman–Crippen LogP) is 4.83. The monoisotopic (exact) mass is 340 g/mol. The molecule has 0 heterocycles. The first kappa shape index (κ1) is 14.0. The van der Waals surface area contributed by atoms with Crippen LogP contribution in [0.2, 0.25) is 5.02 Å². The zero-order chi connectivity index (χ0) is 13.8. The number of nitrogens with two attached hydrogens (primary N) is 1. The minimum absolute atomic E-state index is 0.581. The number of hydrogen-bond donors (Lipinski definition) is 2. The van der Waals surface area contributed by atoms with Crippen molar-refractivity contribution in [3.8, 4) is 5.75 Å². The fourth-order valence-corrected chi connectivity index (χ4v) is 2.06. The third-order valence-corrected chi connectivity index (χ3v) is 3.75. The maximum Gasteiger partial charge on any atom is 0.144 e. The van der Waals surface area contributed by atoms with E-state index in [-0.39, 0.29) is 0 Å². The van der Waals surface area contributed by atoms with Gasteiger partial charge in [-0.15, -0.1) is 0 Å². The molecule has 0 unspecified atom stereocenters. The summed E-state index contributed by atoms with van der Waals surface area (Å²) < 4.78 is 6.33. The molecule has 0 atom stereocenters. The molecular formula is C14H14BrClN2O. The average molecular weight is 342 g/mol. The Morgan fingerprint density at radius 2 is 1.89 bits per heavy atom. The molecule has 0 aliphatic heterocycles. The van der Waals surface area contributed by atoms with E-state index >= 15 is 0 Å². The normalized spacial score (nSPS) is 10.3. The van der Waals surface area contributed by atoms with Gasteiger partial charge in [-0.1, -0.05) is 11.6 Å². The van der Waals surface area contributed by atoms with E-state index in [9.17, 15) is 0 Å². The highest BCUT2D eigenvalue weighted by Gasteiger charge is 2.03. The van der Waals surface area contributed by atoms with Gasteiger partial charge in [-0.25, -0.2) is 0 Å². The standard InChI is InChI=1S/C14H14BrClN2O/c1-2-19-14-8-10(4-6-13(14)17)18-9-3-5-11(15)12(16)7-9/h3-8,18H,2,17H2,1H3. The van der Waals surface area contributed by atoms with Crippen molar-refractivity contribution in [1.29, 1.82) is 0 Å². The molecule has 2 rings (SSSR count). The van der Waals surface area contributed by atoms with Gasteiger partial charge in [0.1, 0.15) is 5.75 Å². The van der Waals surface area contributed by atoms with Crippen molar-refractivity contribution in [1.82, 2.24) is 0 Å². The molecular weight excluding hydrogens is 328 g/mol. The number of rotatable bonds is 4. The maximum atomic E-state index is 6.05. The summed E-state index contributed by atoms with van der Waals surface area (Å²) in [7, 11) is 0. The van der Waals surface area contributed by atoms with E-state index in [4.69, 9.17) is 22.1 Å². The second-order valence-electron chi connectivity index (χ2n) is 3.94. The SMILES string of the molecule is CCOc1cc(Nc2ccc(Br)c(Cl)c2)ccc1N. The Hall–Kier alpha value is -1.39. The van der Waals surface area contributed by atoms with E-state index < -0.39 is 0 Å². The molecule has 2 aromatic rings. The molecule has 3 N–H and O–H groups in total. The van der Waals surface area contributed by atoms with Crippen LogP contribution in [0.4, 0.5) is 17.1 Å². The summed E-state index contributed by atoms with van der Waals surface area (Å²) in [5, 5.41) is 3.91. The van der Waals surface area contributed by atoms with E-state index in [1.54, 1.807) is 0 Å². The minimum atomic E-state index is 0.581. The van der Waals surface area contributed by atoms with Crippen LogP contribution in [-0.4, -0.2) is 6.61 Å². The summed E-state index contributed by atoms with van der Waals surface area (Å²) in [5.41, 5.74) is 8.26. The maximum absolute atomic E-state index is 6.05. The molecule has 0 aromatic heterocycles. The third kappa shape index (κ3) is 3.55. The summed E-state index contributed by atoms with van der Waals surface area (Å²) in [6, 6.07) is 11.3. The van der Waals surface area contributed by atoms with Crippen molar-refractivity contribution in [3.63, 3.8) is 0 Å². The van der Waals surface area contributed by atoms with Gasteiger partial charge < -0.3 is 15.8 Å². The van der Waals surface area contributed by atoms with Crippen LogP contribution in [0.3, 0.4) is 0 Å². The van der Waals surface area contributed by atoms with Crippen molar-refractivity contribution in [2.24, 2.45) is 0 Å². The first-order valence-corrected chi connectivity index (χ1v) is 7.01. The van der Waals surface area contributed by atoms with Crippen molar-refractivity contribution >= 4 is 44.6 Å². The molecule has 0 aliphatic carbocycles. The molecule has 100 valence electrons. The lowest BCUT2D eigenvalue weighted by molar-refractivity contribution is 0.342. The molecule has 0 aliphatic rings. The lowest BCUT2D eigenvalue weighted by atomic mass is 10.2. The van der Waals surface area contributed by atoms with Crippen LogP contribution in [0.5, 0.6) is 5.75 Å². The summed E-state index contributed by atoms with van der Waals surface area (Å²) in [5.74, 6) is 0.677. The highest BCUT2D eigenvalue weighted by Crippen LogP contribution is 2.30. The summed E-state index contributed by atoms with van der Waals surface area (Å²) in [6.07, 6.45) is 0. The smallest absolute Gasteiger partial charge is 0.144 e. The van der Waals surface area contributed by atoms with Gasteiger partial charge in [0.2, 0.25) is 0 Å². The fourth-order valence-electron chi connectivity index (χ4n) is 1.63. The van der Waals surface area contributed by atoms with Crippen molar-refractivity contribution in [2.45, 2.75) is 6.92 Å². The number of halogens is 2. The van der Waals surface area contributed by atoms with Crippen molar-refractivity contribution in [3.05, 3.63) is 45.9 Å². The third-order valence-electron chi connectivity index (χ3n) is 2.52. The van der Waals surface area contributed by atoms with Crippen LogP contribution in [0, 0.1) is 0 Å². The van der Waals surface area contributed by atoms with Gasteiger partial charge >= 0.3 is 0 Å². The van der Waals surface area contributed by atoms with Gasteiger partial charge in [-0.3, -0.25) is 0 Å². The molecule has 0 amide bonds. The lowest BCUT2D eigenvalue weighted by Gasteiger charge is -2.11. The second kappa shape index (κ2) is 6.17. The Labute approximate surface area is 125 Å². The molecule has 0 fully saturated rings. The number of nitrogens with one attached hydrogen (secondary N) is 1. The number of nitrogen functional groups attached to an aromatic ring is 1. The van der Waals surface area contributed by atoms with Crippen LogP contribution < -0.4 is 15.8 Å². The fraction of sp³-hybridized carbons (Fsp3) is 0.143. The number of ether oxygens (including phenoxy) is 1. The van der Waals surface area contributed by atoms with E-state index in [1.165, 1.54) is 0 Å². The molecule has 19 heavy (non-hydrogen) atoms. The zero-order valence-corrected chi connectivity index (χ0v) is 12.8. The Kier molecular flexibility index (Phi) is 4.56. The van der Waals surface area contributed by atoms with Gasteiger partial charge in [0.25, 0.3) is 0 Å². The molecule has 0 saturated carbocycles. The Morgan fingerprint density at radius 1 is 1.21 bits per heavy atom. The molecule has 0 saturated heterocycles. The lowest BCUT2D eigenvalue weighted by Crippen LogP contribution is -1.98. The number of hydrogen-bond acceptors (Lipinski definition) is 3. The van der Waals surface area contributed by atoms with Crippen LogP contribution in [0.15, 0.2) is 40.9 Å². The molecule has 5 heteroatoms. The predicted molar refractivity (Wildman–Crippen MR) is 84.5 cm³/mol. The Morgan fingerprint density at radius 3 is 2.58 bits per heavy atom. The first-order chi connectivity index (χ1) is 9.10. The van der Waals surface area contributed by atoms with Gasteiger partial charge in [0.15, 0.2) is 0 Å². The summed E-state index contributed by atoms with van der Waals surface area (Å²) in [6.45, 7) is 2.51. The van der Waals surface area contributed by atoms with Gasteiger partial charge in [0, 0.05) is 21.9 Å². The van der Waals surface area contributed by atoms with E-state index in [1.807, 2.05) is 43.3 Å². The quantitative estimate of drug-likeness (QED) is 0.783. The van der Waals surface area contributed by atoms with Gasteiger partial charge in [-0.05, 0) is 53.2 Å². The number of benzene rings is 2. The van der Waals surface area contributed by atoms with Crippen LogP contribution >= 0.6 is 27.5 Å². The van der Waals surface area contributed by atoms with E-state index in [0.717, 1.165) is 15.8 Å². The highest BCUT2D eigenvalue weighted by molar-refractivity contribution is 9.10. The van der Waals surface area contributed by atoms with Crippen LogP contribution in [-0.2, 0) is 0 Å². The van der Waals surface area contributed by atoms with E-state index in [0.29, 0.717) is 23.1 Å². The largest absolute Gasteiger partial charge is 0.492 e. The average Bonchev–Trinajstić information content (AvgIpc) is 2.38. The topological polar surface area (TPSA) is 47.3 Å². The molecule has 0 bridgehead atoms. The number of anilines is 3. The molecule has 3 nitrogen and oxygen atoms in total. The van der Waals surface area contributed by atoms with E-state index in [2.05, 4.69) is 21.2 Å². The Balaban J connectivity index is 2.22. The molecule has 2 aromatic carbocycles. The summed E-state index contributed by atoms with van der Waals surface area (Å²) in [4.78, 5) is 0.